The highest BCUT2D eigenvalue weighted by molar-refractivity contribution is 6.04. The lowest BCUT2D eigenvalue weighted by Gasteiger charge is -2.24. The van der Waals surface area contributed by atoms with E-state index in [0.29, 0.717) is 0 Å². The molecular weight excluding hydrogens is 254 g/mol. The molecule has 0 atom stereocenters. The largest absolute Gasteiger partial charge is 0.467 e. The molecule has 0 amide bonds. The Morgan fingerprint density at radius 3 is 1.74 bits per heavy atom. The maximum Gasteiger partial charge on any atom is 0.337 e. The zero-order valence-electron chi connectivity index (χ0n) is 11.9. The van der Waals surface area contributed by atoms with Gasteiger partial charge in [-0.05, 0) is 27.2 Å². The summed E-state index contributed by atoms with van der Waals surface area (Å²) in [7, 11) is 2.20. The molecule has 0 aliphatic heterocycles. The number of nitrogens with two attached hydrogens (primary N) is 1. The van der Waals surface area contributed by atoms with E-state index in [-0.39, 0.29) is 12.8 Å². The predicted octanol–water partition coefficient (Wildman–Crippen LogP) is 0.152. The van der Waals surface area contributed by atoms with Gasteiger partial charge in [-0.25, -0.2) is 9.59 Å². The zero-order chi connectivity index (χ0) is 15.3. The average Bonchev–Trinajstić information content (AvgIpc) is 2.31. The van der Waals surface area contributed by atoms with Crippen molar-refractivity contribution >= 4 is 17.9 Å². The van der Waals surface area contributed by atoms with Gasteiger partial charge in [0.05, 0.1) is 14.2 Å². The van der Waals surface area contributed by atoms with Crippen LogP contribution in [0, 0.1) is 0 Å². The Kier molecular flexibility index (Phi) is 5.95. The predicted molar refractivity (Wildman–Crippen MR) is 66.0 cm³/mol. The summed E-state index contributed by atoms with van der Waals surface area (Å²) in [5.74, 6) is -2.47. The Hall–Kier alpha value is -1.63. The lowest BCUT2D eigenvalue weighted by atomic mass is 9.94. The number of methoxy groups -OCH3 is 2. The highest BCUT2D eigenvalue weighted by Gasteiger charge is 2.45. The summed E-state index contributed by atoms with van der Waals surface area (Å²) >= 11 is 0. The van der Waals surface area contributed by atoms with Crippen molar-refractivity contribution in [2.45, 2.75) is 44.8 Å². The second-order valence-corrected chi connectivity index (χ2v) is 5.04. The van der Waals surface area contributed by atoms with Gasteiger partial charge in [0.2, 0.25) is 5.54 Å². The molecule has 0 saturated heterocycles. The van der Waals surface area contributed by atoms with Crippen LogP contribution < -0.4 is 5.73 Å². The molecule has 0 unspecified atom stereocenters. The molecule has 0 aromatic carbocycles. The second-order valence-electron chi connectivity index (χ2n) is 5.04. The van der Waals surface area contributed by atoms with Gasteiger partial charge in [0.25, 0.3) is 0 Å². The van der Waals surface area contributed by atoms with Crippen LogP contribution in [-0.4, -0.2) is 43.3 Å². The van der Waals surface area contributed by atoms with Gasteiger partial charge in [-0.1, -0.05) is 0 Å². The van der Waals surface area contributed by atoms with Crippen LogP contribution in [0.4, 0.5) is 0 Å². The van der Waals surface area contributed by atoms with Gasteiger partial charge >= 0.3 is 17.9 Å². The van der Waals surface area contributed by atoms with Crippen molar-refractivity contribution in [3.05, 3.63) is 0 Å². The van der Waals surface area contributed by atoms with Gasteiger partial charge in [0, 0.05) is 6.42 Å². The van der Waals surface area contributed by atoms with Crippen LogP contribution in [0.2, 0.25) is 0 Å². The summed E-state index contributed by atoms with van der Waals surface area (Å²) in [6.45, 7) is 5.13. The minimum atomic E-state index is -2.00. The maximum atomic E-state index is 11.5. The Morgan fingerprint density at radius 2 is 1.42 bits per heavy atom. The molecule has 7 nitrogen and oxygen atoms in total. The van der Waals surface area contributed by atoms with Crippen molar-refractivity contribution < 1.29 is 28.6 Å². The fraction of sp³-hybridized carbons (Fsp3) is 0.750. The van der Waals surface area contributed by atoms with Crippen LogP contribution in [-0.2, 0) is 28.6 Å². The van der Waals surface area contributed by atoms with Gasteiger partial charge < -0.3 is 19.9 Å². The summed E-state index contributed by atoms with van der Waals surface area (Å²) in [4.78, 5) is 34.6. The van der Waals surface area contributed by atoms with E-state index in [9.17, 15) is 14.4 Å². The van der Waals surface area contributed by atoms with Gasteiger partial charge in [-0.3, -0.25) is 4.79 Å². The standard InChI is InChI=1S/C12H21NO6/c1-11(2,3)19-8(14)6-7-12(13,9(15)17-4)10(16)18-5/h6-7,13H2,1-5H3. The fourth-order valence-electron chi connectivity index (χ4n) is 1.34. The van der Waals surface area contributed by atoms with E-state index < -0.39 is 29.0 Å². The third-order valence-corrected chi connectivity index (χ3v) is 2.24. The number of carbonyl (C=O) groups is 3. The van der Waals surface area contributed by atoms with Gasteiger partial charge in [-0.15, -0.1) is 0 Å². The summed E-state index contributed by atoms with van der Waals surface area (Å²) in [6.07, 6.45) is -0.445. The number of esters is 3. The average molecular weight is 275 g/mol. The van der Waals surface area contributed by atoms with Crippen LogP contribution in [0.15, 0.2) is 0 Å². The molecule has 0 rings (SSSR count). The molecular formula is C12H21NO6. The second kappa shape index (κ2) is 6.51. The SMILES string of the molecule is COC(=O)C(N)(CCC(=O)OC(C)(C)C)C(=O)OC. The quantitative estimate of drug-likeness (QED) is 0.432. The zero-order valence-corrected chi connectivity index (χ0v) is 11.9. The highest BCUT2D eigenvalue weighted by atomic mass is 16.6. The van der Waals surface area contributed by atoms with Crippen molar-refractivity contribution in [2.24, 2.45) is 5.73 Å². The molecule has 2 N–H and O–H groups in total. The molecule has 0 aromatic rings. The topological polar surface area (TPSA) is 105 Å². The van der Waals surface area contributed by atoms with Crippen molar-refractivity contribution in [1.82, 2.24) is 0 Å². The molecule has 0 saturated carbocycles. The van der Waals surface area contributed by atoms with Crippen LogP contribution in [0.3, 0.4) is 0 Å². The first kappa shape index (κ1) is 17.4. The van der Waals surface area contributed by atoms with E-state index in [1.165, 1.54) is 0 Å². The summed E-state index contributed by atoms with van der Waals surface area (Å²) in [6, 6.07) is 0. The molecule has 0 aliphatic carbocycles. The summed E-state index contributed by atoms with van der Waals surface area (Å²) in [5, 5.41) is 0. The fourth-order valence-corrected chi connectivity index (χ4v) is 1.34. The van der Waals surface area contributed by atoms with E-state index in [4.69, 9.17) is 10.5 Å². The lowest BCUT2D eigenvalue weighted by molar-refractivity contribution is -0.162. The van der Waals surface area contributed by atoms with Crippen LogP contribution in [0.1, 0.15) is 33.6 Å². The smallest absolute Gasteiger partial charge is 0.337 e. The van der Waals surface area contributed by atoms with Crippen molar-refractivity contribution in [1.29, 1.82) is 0 Å². The highest BCUT2D eigenvalue weighted by Crippen LogP contribution is 2.16. The number of hydrogen-bond donors (Lipinski definition) is 1. The number of rotatable bonds is 5. The number of ether oxygens (including phenoxy) is 3. The minimum absolute atomic E-state index is 0.196. The Balaban J connectivity index is 4.74. The van der Waals surface area contributed by atoms with Gasteiger partial charge in [0.1, 0.15) is 5.60 Å². The van der Waals surface area contributed by atoms with Crippen molar-refractivity contribution in [3.8, 4) is 0 Å². The Bertz CT molecular complexity index is 342. The monoisotopic (exact) mass is 275 g/mol. The van der Waals surface area contributed by atoms with Crippen LogP contribution in [0.5, 0.6) is 0 Å². The van der Waals surface area contributed by atoms with Gasteiger partial charge in [-0.2, -0.15) is 0 Å². The first-order valence-electron chi connectivity index (χ1n) is 5.74. The minimum Gasteiger partial charge on any atom is -0.467 e. The Morgan fingerprint density at radius 1 is 1.00 bits per heavy atom. The molecule has 0 aliphatic rings. The normalized spacial score (nSPS) is 11.7. The molecule has 0 fully saturated rings. The first-order valence-corrected chi connectivity index (χ1v) is 5.74. The number of carbonyl (C=O) groups excluding carboxylic acids is 3. The molecule has 0 radical (unpaired) electrons. The molecule has 0 bridgehead atoms. The van der Waals surface area contributed by atoms with Gasteiger partial charge in [0.15, 0.2) is 0 Å². The van der Waals surface area contributed by atoms with Crippen LogP contribution in [0.25, 0.3) is 0 Å². The molecule has 0 spiro atoms. The lowest BCUT2D eigenvalue weighted by Crippen LogP contribution is -2.56. The molecule has 110 valence electrons. The maximum absolute atomic E-state index is 11.5. The third-order valence-electron chi connectivity index (χ3n) is 2.24. The van der Waals surface area contributed by atoms with Crippen molar-refractivity contribution in [2.75, 3.05) is 14.2 Å². The molecule has 19 heavy (non-hydrogen) atoms. The summed E-state index contributed by atoms with van der Waals surface area (Å²) in [5.41, 5.74) is 3.01. The van der Waals surface area contributed by atoms with E-state index in [0.717, 1.165) is 14.2 Å². The first-order chi connectivity index (χ1) is 8.56. The Labute approximate surface area is 112 Å². The summed E-state index contributed by atoms with van der Waals surface area (Å²) < 4.78 is 14.0. The molecule has 0 heterocycles. The van der Waals surface area contributed by atoms with E-state index in [1.807, 2.05) is 0 Å². The third kappa shape index (κ3) is 5.25. The molecule has 0 aromatic heterocycles. The van der Waals surface area contributed by atoms with E-state index in [2.05, 4.69) is 9.47 Å². The van der Waals surface area contributed by atoms with E-state index >= 15 is 0 Å². The van der Waals surface area contributed by atoms with E-state index in [1.54, 1.807) is 20.8 Å². The van der Waals surface area contributed by atoms with Crippen molar-refractivity contribution in [3.63, 3.8) is 0 Å². The molecule has 7 heteroatoms. The van der Waals surface area contributed by atoms with Crippen LogP contribution >= 0.6 is 0 Å². The number of hydrogen-bond acceptors (Lipinski definition) is 7.